The van der Waals surface area contributed by atoms with Gasteiger partial charge in [0.15, 0.2) is 17.6 Å². The number of aromatic nitrogens is 1. The Balaban J connectivity index is 1.86. The molecule has 26 heavy (non-hydrogen) atoms. The molecule has 0 spiro atoms. The second kappa shape index (κ2) is 10.5. The van der Waals surface area contributed by atoms with Crippen molar-refractivity contribution in [1.82, 2.24) is 20.9 Å². The van der Waals surface area contributed by atoms with E-state index in [-0.39, 0.29) is 24.3 Å². The van der Waals surface area contributed by atoms with Gasteiger partial charge in [-0.05, 0) is 25.5 Å². The number of carbonyl (C=O) groups excluding carboxylic acids is 1. The molecule has 1 unspecified atom stereocenters. The predicted octanol–water partition coefficient (Wildman–Crippen LogP) is 0.117. The molecule has 1 atom stereocenters. The molecule has 2 rings (SSSR count). The number of anilines is 1. The van der Waals surface area contributed by atoms with Crippen molar-refractivity contribution < 1.29 is 13.9 Å². The monoisotopic (exact) mass is 366 g/mol. The van der Waals surface area contributed by atoms with Crippen molar-refractivity contribution >= 4 is 17.7 Å². The molecule has 0 aliphatic carbocycles. The number of carbonyl (C=O) groups is 1. The van der Waals surface area contributed by atoms with Crippen molar-refractivity contribution in [3.63, 3.8) is 0 Å². The fourth-order valence-corrected chi connectivity index (χ4v) is 2.69. The average Bonchev–Trinajstić information content (AvgIpc) is 3.09. The first-order valence-corrected chi connectivity index (χ1v) is 8.80. The SMILES string of the molecule is CCNC(=NCC(=O)NCCOC)NC1CCN(c2ncccc2F)C1. The minimum Gasteiger partial charge on any atom is -0.383 e. The first kappa shape index (κ1) is 19.9. The molecule has 2 heterocycles. The van der Waals surface area contributed by atoms with Gasteiger partial charge in [-0.3, -0.25) is 4.79 Å². The number of pyridine rings is 1. The zero-order chi connectivity index (χ0) is 18.8. The van der Waals surface area contributed by atoms with Crippen molar-refractivity contribution in [3.05, 3.63) is 24.1 Å². The molecule has 9 heteroatoms. The fourth-order valence-electron chi connectivity index (χ4n) is 2.69. The molecular weight excluding hydrogens is 339 g/mol. The zero-order valence-corrected chi connectivity index (χ0v) is 15.3. The summed E-state index contributed by atoms with van der Waals surface area (Å²) in [4.78, 5) is 22.1. The lowest BCUT2D eigenvalue weighted by atomic mass is 10.3. The van der Waals surface area contributed by atoms with Crippen molar-refractivity contribution in [1.29, 1.82) is 0 Å². The third-order valence-electron chi connectivity index (χ3n) is 3.92. The van der Waals surface area contributed by atoms with Crippen molar-refractivity contribution in [3.8, 4) is 0 Å². The summed E-state index contributed by atoms with van der Waals surface area (Å²) < 4.78 is 18.8. The Morgan fingerprint density at radius 2 is 2.35 bits per heavy atom. The molecule has 0 aromatic carbocycles. The first-order chi connectivity index (χ1) is 12.6. The molecule has 0 radical (unpaired) electrons. The Hall–Kier alpha value is -2.42. The summed E-state index contributed by atoms with van der Waals surface area (Å²) in [6.45, 7) is 4.94. The number of nitrogens with zero attached hydrogens (tertiary/aromatic N) is 3. The minimum atomic E-state index is -0.318. The highest BCUT2D eigenvalue weighted by Gasteiger charge is 2.25. The van der Waals surface area contributed by atoms with Crippen LogP contribution in [0.1, 0.15) is 13.3 Å². The van der Waals surface area contributed by atoms with Gasteiger partial charge in [0.1, 0.15) is 6.54 Å². The second-order valence-electron chi connectivity index (χ2n) is 5.92. The van der Waals surface area contributed by atoms with E-state index in [1.54, 1.807) is 19.4 Å². The van der Waals surface area contributed by atoms with E-state index in [2.05, 4.69) is 25.9 Å². The van der Waals surface area contributed by atoms with Crippen LogP contribution >= 0.6 is 0 Å². The van der Waals surface area contributed by atoms with Crippen LogP contribution < -0.4 is 20.9 Å². The summed E-state index contributed by atoms with van der Waals surface area (Å²) in [5.74, 6) is 0.461. The van der Waals surface area contributed by atoms with Gasteiger partial charge in [0.25, 0.3) is 0 Å². The van der Waals surface area contributed by atoms with Crippen LogP contribution in [0.5, 0.6) is 0 Å². The highest BCUT2D eigenvalue weighted by atomic mass is 19.1. The Morgan fingerprint density at radius 3 is 3.08 bits per heavy atom. The Labute approximate surface area is 153 Å². The van der Waals surface area contributed by atoms with Crippen molar-refractivity contribution in [2.75, 3.05) is 51.3 Å². The Kier molecular flexibility index (Phi) is 8.07. The molecule has 1 fully saturated rings. The molecule has 8 nitrogen and oxygen atoms in total. The Bertz CT molecular complexity index is 613. The van der Waals surface area contributed by atoms with E-state index in [0.29, 0.717) is 44.6 Å². The standard InChI is InChI=1S/C17H27FN6O2/c1-3-19-17(22-11-15(25)20-8-10-26-2)23-13-6-9-24(12-13)16-14(18)5-4-7-21-16/h4-5,7,13H,3,6,8-12H2,1-2H3,(H,20,25)(H2,19,22,23). The molecule has 144 valence electrons. The normalized spacial score (nSPS) is 17.3. The summed E-state index contributed by atoms with van der Waals surface area (Å²) in [5, 5.41) is 9.15. The van der Waals surface area contributed by atoms with Gasteiger partial charge in [0, 0.05) is 45.5 Å². The molecule has 1 aliphatic rings. The van der Waals surface area contributed by atoms with Crippen LogP contribution in [0.4, 0.5) is 10.2 Å². The number of ether oxygens (including phenoxy) is 1. The van der Waals surface area contributed by atoms with Crippen LogP contribution in [0.2, 0.25) is 0 Å². The van der Waals surface area contributed by atoms with Gasteiger partial charge in [0.05, 0.1) is 6.61 Å². The molecule has 3 N–H and O–H groups in total. The van der Waals surface area contributed by atoms with Crippen LogP contribution in [0.15, 0.2) is 23.3 Å². The number of amides is 1. The number of aliphatic imine (C=N–C) groups is 1. The van der Waals surface area contributed by atoms with Gasteiger partial charge in [-0.1, -0.05) is 0 Å². The third-order valence-corrected chi connectivity index (χ3v) is 3.92. The number of nitrogens with one attached hydrogen (secondary N) is 3. The maximum atomic E-state index is 13.9. The van der Waals surface area contributed by atoms with Crippen LogP contribution in [0, 0.1) is 5.82 Å². The van der Waals surface area contributed by atoms with Gasteiger partial charge in [-0.2, -0.15) is 0 Å². The van der Waals surface area contributed by atoms with E-state index in [0.717, 1.165) is 6.42 Å². The lowest BCUT2D eigenvalue weighted by molar-refractivity contribution is -0.119. The molecular formula is C17H27FN6O2. The van der Waals surface area contributed by atoms with Crippen LogP contribution in [0.25, 0.3) is 0 Å². The Morgan fingerprint density at radius 1 is 1.50 bits per heavy atom. The first-order valence-electron chi connectivity index (χ1n) is 8.80. The number of hydrogen-bond acceptors (Lipinski definition) is 5. The van der Waals surface area contributed by atoms with Gasteiger partial charge in [0.2, 0.25) is 5.91 Å². The van der Waals surface area contributed by atoms with Crippen LogP contribution in [-0.4, -0.2) is 69.3 Å². The molecule has 1 aromatic rings. The third kappa shape index (κ3) is 6.14. The van der Waals surface area contributed by atoms with Gasteiger partial charge >= 0.3 is 0 Å². The van der Waals surface area contributed by atoms with Crippen LogP contribution in [-0.2, 0) is 9.53 Å². The highest BCUT2D eigenvalue weighted by Crippen LogP contribution is 2.20. The molecule has 1 saturated heterocycles. The molecule has 0 bridgehead atoms. The quantitative estimate of drug-likeness (QED) is 0.344. The summed E-state index contributed by atoms with van der Waals surface area (Å²) in [5.41, 5.74) is 0. The molecule has 1 aliphatic heterocycles. The van der Waals surface area contributed by atoms with E-state index >= 15 is 0 Å². The average molecular weight is 366 g/mol. The van der Waals surface area contributed by atoms with E-state index in [9.17, 15) is 9.18 Å². The predicted molar refractivity (Wildman–Crippen MR) is 98.8 cm³/mol. The largest absolute Gasteiger partial charge is 0.383 e. The second-order valence-corrected chi connectivity index (χ2v) is 5.92. The van der Waals surface area contributed by atoms with Gasteiger partial charge in [-0.15, -0.1) is 0 Å². The highest BCUT2D eigenvalue weighted by molar-refractivity contribution is 5.85. The van der Waals surface area contributed by atoms with E-state index in [1.165, 1.54) is 6.07 Å². The molecule has 1 aromatic heterocycles. The van der Waals surface area contributed by atoms with Gasteiger partial charge < -0.3 is 25.6 Å². The van der Waals surface area contributed by atoms with Crippen molar-refractivity contribution in [2.24, 2.45) is 4.99 Å². The smallest absolute Gasteiger partial charge is 0.241 e. The summed E-state index contributed by atoms with van der Waals surface area (Å²) >= 11 is 0. The van der Waals surface area contributed by atoms with E-state index in [1.807, 2.05) is 11.8 Å². The summed E-state index contributed by atoms with van der Waals surface area (Å²) in [6, 6.07) is 3.10. The zero-order valence-electron chi connectivity index (χ0n) is 15.3. The summed E-state index contributed by atoms with van der Waals surface area (Å²) in [6.07, 6.45) is 2.42. The minimum absolute atomic E-state index is 0.0321. The topological polar surface area (TPSA) is 90.9 Å². The maximum absolute atomic E-state index is 13.9. The maximum Gasteiger partial charge on any atom is 0.241 e. The number of hydrogen-bond donors (Lipinski definition) is 3. The number of rotatable bonds is 8. The molecule has 1 amide bonds. The van der Waals surface area contributed by atoms with E-state index in [4.69, 9.17) is 4.74 Å². The van der Waals surface area contributed by atoms with E-state index < -0.39 is 0 Å². The lowest BCUT2D eigenvalue weighted by Gasteiger charge is -2.19. The number of halogens is 1. The molecule has 0 saturated carbocycles. The lowest BCUT2D eigenvalue weighted by Crippen LogP contribution is -2.45. The van der Waals surface area contributed by atoms with Crippen LogP contribution in [0.3, 0.4) is 0 Å². The fraction of sp³-hybridized carbons (Fsp3) is 0.588. The number of methoxy groups -OCH3 is 1. The van der Waals surface area contributed by atoms with Crippen molar-refractivity contribution in [2.45, 2.75) is 19.4 Å². The van der Waals surface area contributed by atoms with Gasteiger partial charge in [-0.25, -0.2) is 14.4 Å². The number of guanidine groups is 1. The summed E-state index contributed by atoms with van der Waals surface area (Å²) in [7, 11) is 1.58.